The predicted molar refractivity (Wildman–Crippen MR) is 282 cm³/mol. The molecule has 6 aromatic rings. The van der Waals surface area contributed by atoms with Crippen molar-refractivity contribution in [2.75, 3.05) is 34.5 Å². The van der Waals surface area contributed by atoms with Crippen LogP contribution in [0.1, 0.15) is 61.8 Å². The van der Waals surface area contributed by atoms with Gasteiger partial charge in [0, 0.05) is 33.9 Å². The summed E-state index contributed by atoms with van der Waals surface area (Å²) in [6, 6.07) is 24.4. The Morgan fingerprint density at radius 3 is 0.767 bits per heavy atom. The van der Waals surface area contributed by atoms with Gasteiger partial charge in [0.15, 0.2) is 0 Å². The number of benzene rings is 4. The van der Waals surface area contributed by atoms with Crippen LogP contribution in [0.3, 0.4) is 0 Å². The molecule has 0 aliphatic carbocycles. The number of carbonyl (C=O) groups excluding carboxylic acids is 4. The average Bonchev–Trinajstić information content (AvgIpc) is 3.64. The van der Waals surface area contributed by atoms with E-state index in [2.05, 4.69) is 51.2 Å². The van der Waals surface area contributed by atoms with E-state index in [9.17, 15) is 58.8 Å². The number of carboxylic acids is 8. The maximum absolute atomic E-state index is 11.1. The quantitative estimate of drug-likeness (QED) is 0.00743. The van der Waals surface area contributed by atoms with E-state index in [1.807, 2.05) is 13.8 Å². The molecule has 0 fully saturated rings. The number of hydrogen-bond acceptors (Lipinski definition) is 24. The van der Waals surface area contributed by atoms with Gasteiger partial charge in [-0.05, 0) is 108 Å². The van der Waals surface area contributed by atoms with Crippen LogP contribution in [-0.4, -0.2) is 111 Å². The summed E-state index contributed by atoms with van der Waals surface area (Å²) in [5, 5.41) is 91.8. The first-order valence-electron chi connectivity index (χ1n) is 24.0. The van der Waals surface area contributed by atoms with E-state index in [-0.39, 0.29) is 165 Å². The maximum atomic E-state index is 11.1. The Morgan fingerprint density at radius 2 is 0.581 bits per heavy atom. The van der Waals surface area contributed by atoms with Gasteiger partial charge in [-0.15, -0.1) is 0 Å². The SMILES string of the molecule is CCCCOc1nc(Nc2ccc(C=C(C(=O)[O-])C(=O)[O-])cc2)nc(Nc2ccc(C=C(C(=O)O)C(=O)O)cc2)n1.CCCCOc1nc(Nc2ccc(C=C(C(=O)[O-])C(=O)[O-])cc2)nc(Nc2ccc(C=C(C(=O)O)C(=O)O)cc2)n1.[Na+].[Na+].[Na+].[Na+]. The molecule has 28 nitrogen and oxygen atoms in total. The van der Waals surface area contributed by atoms with Crippen LogP contribution in [0, 0.1) is 0 Å². The molecule has 8 N–H and O–H groups in total. The summed E-state index contributed by atoms with van der Waals surface area (Å²) < 4.78 is 11.3. The van der Waals surface area contributed by atoms with Gasteiger partial charge in [0.1, 0.15) is 11.1 Å². The molecule has 0 amide bonds. The smallest absolute Gasteiger partial charge is 0.545 e. The van der Waals surface area contributed by atoms with Crippen LogP contribution in [0.4, 0.5) is 46.5 Å². The number of carboxylic acid groups (broad SMARTS) is 8. The third-order valence-corrected chi connectivity index (χ3v) is 10.4. The first-order valence-corrected chi connectivity index (χ1v) is 24.0. The Hall–Kier alpha value is -7.58. The Labute approximate surface area is 577 Å². The summed E-state index contributed by atoms with van der Waals surface area (Å²) in [7, 11) is 0. The van der Waals surface area contributed by atoms with Gasteiger partial charge in [-0.25, -0.2) is 19.2 Å². The van der Waals surface area contributed by atoms with Crippen molar-refractivity contribution in [3.8, 4) is 12.0 Å². The van der Waals surface area contributed by atoms with Crippen LogP contribution in [0.5, 0.6) is 12.0 Å². The fourth-order valence-corrected chi connectivity index (χ4v) is 6.35. The summed E-state index contributed by atoms with van der Waals surface area (Å²) in [6.07, 6.45) is 7.15. The zero-order valence-corrected chi connectivity index (χ0v) is 55.0. The number of nitrogens with one attached hydrogen (secondary N) is 4. The van der Waals surface area contributed by atoms with E-state index in [0.29, 0.717) is 47.1 Å². The maximum Gasteiger partial charge on any atom is 1.00 e. The third kappa shape index (κ3) is 25.6. The molecule has 0 spiro atoms. The predicted octanol–water partition coefficient (Wildman–Crippen LogP) is -10.0. The average molecular weight is 1210 g/mol. The monoisotopic (exact) mass is 1210 g/mol. The molecule has 2 aromatic heterocycles. The minimum absolute atomic E-state index is 0. The molecule has 2 heterocycles. The van der Waals surface area contributed by atoms with Crippen molar-refractivity contribution in [3.05, 3.63) is 142 Å². The largest absolute Gasteiger partial charge is 1.00 e. The number of hydrogen-bond donors (Lipinski definition) is 8. The summed E-state index contributed by atoms with van der Waals surface area (Å²) in [6.45, 7) is 4.70. The van der Waals surface area contributed by atoms with Crippen molar-refractivity contribution in [2.45, 2.75) is 39.5 Å². The van der Waals surface area contributed by atoms with Crippen molar-refractivity contribution < 1.29 is 207 Å². The molecular weight excluding hydrogens is 1170 g/mol. The second-order valence-electron chi connectivity index (χ2n) is 16.5. The molecule has 0 saturated heterocycles. The molecule has 0 saturated carbocycles. The van der Waals surface area contributed by atoms with Crippen molar-refractivity contribution in [1.29, 1.82) is 0 Å². The second kappa shape index (κ2) is 38.5. The zero-order valence-electron chi connectivity index (χ0n) is 47.0. The van der Waals surface area contributed by atoms with Gasteiger partial charge in [0.25, 0.3) is 0 Å². The molecule has 6 rings (SSSR count). The number of aliphatic carboxylic acids is 8. The van der Waals surface area contributed by atoms with Crippen LogP contribution in [0.25, 0.3) is 24.3 Å². The summed E-state index contributed by atoms with van der Waals surface area (Å²) >= 11 is 0. The molecule has 0 radical (unpaired) electrons. The summed E-state index contributed by atoms with van der Waals surface area (Å²) in [4.78, 5) is 114. The van der Waals surface area contributed by atoms with Gasteiger partial charge in [0.05, 0.1) is 37.1 Å². The van der Waals surface area contributed by atoms with Gasteiger partial charge in [0.2, 0.25) is 23.8 Å². The van der Waals surface area contributed by atoms with Crippen LogP contribution >= 0.6 is 0 Å². The third-order valence-electron chi connectivity index (χ3n) is 10.4. The molecule has 424 valence electrons. The number of aromatic nitrogens is 6. The van der Waals surface area contributed by atoms with Crippen LogP contribution in [0.2, 0.25) is 0 Å². The van der Waals surface area contributed by atoms with Crippen LogP contribution < -0.4 is 169 Å². The number of anilines is 8. The Kier molecular flexibility index (Phi) is 34.2. The van der Waals surface area contributed by atoms with Crippen molar-refractivity contribution in [2.24, 2.45) is 0 Å². The van der Waals surface area contributed by atoms with E-state index in [1.165, 1.54) is 72.8 Å². The number of rotatable bonds is 28. The van der Waals surface area contributed by atoms with Gasteiger partial charge in [-0.2, -0.15) is 29.9 Å². The van der Waals surface area contributed by atoms with Crippen LogP contribution in [-0.2, 0) is 38.4 Å². The molecule has 4 aromatic carbocycles. The summed E-state index contributed by atoms with van der Waals surface area (Å²) in [5.41, 5.74) is -0.361. The molecule has 32 heteroatoms. The molecule has 86 heavy (non-hydrogen) atoms. The normalized spacial score (nSPS) is 9.70. The van der Waals surface area contributed by atoms with E-state index in [4.69, 9.17) is 29.9 Å². The standard InChI is InChI=1S/2C27H25N5O9.4Na/c2*1-2-3-12-41-27-31-25(28-17-8-4-15(5-9-17)13-19(21(33)34)22(35)36)30-26(32-27)29-18-10-6-16(7-11-18)14-20(23(37)38)24(39)40;;;;/h2*4-11,13-14H,2-3,12H2,1H3,(H,33,34)(H,35,36)(H,37,38)(H,39,40)(H2,28,29,30,31,32);;;;/q;;4*+1/p-4. The molecule has 0 unspecified atom stereocenters. The molecule has 0 bridgehead atoms. The van der Waals surface area contributed by atoms with E-state index in [0.717, 1.165) is 50.0 Å². The van der Waals surface area contributed by atoms with Gasteiger partial charge < -0.3 is 90.8 Å². The van der Waals surface area contributed by atoms with Crippen LogP contribution in [0.15, 0.2) is 119 Å². The molecular formula is C54H46N10Na4O18. The Bertz CT molecular complexity index is 2980. The number of carbonyl (C=O) groups is 8. The zero-order chi connectivity index (χ0) is 59.9. The van der Waals surface area contributed by atoms with E-state index < -0.39 is 70.0 Å². The first kappa shape index (κ1) is 76.4. The van der Waals surface area contributed by atoms with Crippen molar-refractivity contribution in [3.63, 3.8) is 0 Å². The van der Waals surface area contributed by atoms with Crippen molar-refractivity contribution >= 4 is 119 Å². The fourth-order valence-electron chi connectivity index (χ4n) is 6.35. The summed E-state index contributed by atoms with van der Waals surface area (Å²) in [5.74, 6) is -13.4. The topological polar surface area (TPSA) is 454 Å². The Morgan fingerprint density at radius 1 is 0.372 bits per heavy atom. The molecule has 0 aliphatic heterocycles. The number of ether oxygens (including phenoxy) is 2. The van der Waals surface area contributed by atoms with Crippen molar-refractivity contribution in [1.82, 2.24) is 29.9 Å². The number of nitrogens with zero attached hydrogens (tertiary/aromatic N) is 6. The fraction of sp³-hybridized carbons (Fsp3) is 0.148. The minimum atomic E-state index is -1.87. The molecule has 0 aliphatic rings. The van der Waals surface area contributed by atoms with Gasteiger partial charge in [-0.3, -0.25) is 0 Å². The van der Waals surface area contributed by atoms with E-state index >= 15 is 0 Å². The second-order valence-corrected chi connectivity index (χ2v) is 16.5. The van der Waals surface area contributed by atoms with E-state index in [1.54, 1.807) is 24.3 Å². The molecule has 0 atom stereocenters. The van der Waals surface area contributed by atoms with Gasteiger partial charge in [-0.1, -0.05) is 75.2 Å². The number of unbranched alkanes of at least 4 members (excludes halogenated alkanes) is 2. The minimum Gasteiger partial charge on any atom is -0.545 e. The Balaban J connectivity index is 0.000000822. The van der Waals surface area contributed by atoms with Gasteiger partial charge >= 0.3 is 154 Å². The first-order chi connectivity index (χ1) is 39.1.